The van der Waals surface area contributed by atoms with Gasteiger partial charge in [0.05, 0.1) is 17.9 Å². The first-order valence-electron chi connectivity index (χ1n) is 6.67. The molecule has 1 aliphatic carbocycles. The molecule has 1 fully saturated rings. The summed E-state index contributed by atoms with van der Waals surface area (Å²) in [6.07, 6.45) is 1.23. The minimum Gasteiger partial charge on any atom is -0.481 e. The number of aliphatic carboxylic acids is 1. The Balaban J connectivity index is 2.11. The fourth-order valence-corrected chi connectivity index (χ4v) is 2.86. The summed E-state index contributed by atoms with van der Waals surface area (Å²) in [6, 6.07) is 7.21. The number of carbonyl (C=O) groups is 2. The Kier molecular flexibility index (Phi) is 4.33. The Morgan fingerprint density at radius 3 is 2.40 bits per heavy atom. The molecular weight excluding hydrogens is 278 g/mol. The molecule has 108 valence electrons. The monoisotopic (exact) mass is 295 g/mol. The van der Waals surface area contributed by atoms with E-state index in [0.29, 0.717) is 17.9 Å². The van der Waals surface area contributed by atoms with Crippen LogP contribution in [-0.4, -0.2) is 28.9 Å². The maximum absolute atomic E-state index is 12.4. The van der Waals surface area contributed by atoms with E-state index >= 15 is 0 Å². The van der Waals surface area contributed by atoms with Gasteiger partial charge in [-0.25, -0.2) is 0 Å². The van der Waals surface area contributed by atoms with Gasteiger partial charge in [0.25, 0.3) is 0 Å². The third-order valence-electron chi connectivity index (χ3n) is 4.19. The van der Waals surface area contributed by atoms with E-state index in [2.05, 4.69) is 0 Å². The Hall–Kier alpha value is -1.55. The van der Waals surface area contributed by atoms with E-state index < -0.39 is 17.8 Å². The molecule has 0 radical (unpaired) electrons. The lowest BCUT2D eigenvalue weighted by atomic mass is 9.72. The van der Waals surface area contributed by atoms with Crippen LogP contribution in [0.15, 0.2) is 24.3 Å². The van der Waals surface area contributed by atoms with Gasteiger partial charge in [-0.3, -0.25) is 9.59 Å². The molecule has 0 heterocycles. The van der Waals surface area contributed by atoms with Crippen LogP contribution >= 0.6 is 11.6 Å². The van der Waals surface area contributed by atoms with Crippen LogP contribution in [0.4, 0.5) is 0 Å². The molecule has 4 nitrogen and oxygen atoms in total. The average molecular weight is 296 g/mol. The summed E-state index contributed by atoms with van der Waals surface area (Å²) < 4.78 is 0. The van der Waals surface area contributed by atoms with E-state index in [9.17, 15) is 9.59 Å². The first-order valence-corrected chi connectivity index (χ1v) is 7.05. The van der Waals surface area contributed by atoms with Gasteiger partial charge >= 0.3 is 5.97 Å². The zero-order valence-corrected chi connectivity index (χ0v) is 12.3. The maximum Gasteiger partial charge on any atom is 0.307 e. The summed E-state index contributed by atoms with van der Waals surface area (Å²) in [4.78, 5) is 25.0. The zero-order chi connectivity index (χ0) is 14.9. The minimum absolute atomic E-state index is 0.115. The molecule has 0 saturated heterocycles. The summed E-state index contributed by atoms with van der Waals surface area (Å²) in [6.45, 7) is 1.90. The SMILES string of the molecule is CC(c1ccccc1Cl)N(C)C(=O)C1CCC1C(=O)O. The van der Waals surface area contributed by atoms with Crippen LogP contribution in [0, 0.1) is 11.8 Å². The number of carboxylic acid groups (broad SMARTS) is 1. The Labute approximate surface area is 123 Å². The van der Waals surface area contributed by atoms with Crippen LogP contribution < -0.4 is 0 Å². The van der Waals surface area contributed by atoms with E-state index in [1.54, 1.807) is 18.0 Å². The van der Waals surface area contributed by atoms with E-state index in [1.165, 1.54) is 0 Å². The normalized spacial score (nSPS) is 22.8. The molecule has 1 aromatic carbocycles. The highest BCUT2D eigenvalue weighted by Crippen LogP contribution is 2.37. The Morgan fingerprint density at radius 1 is 1.30 bits per heavy atom. The summed E-state index contributed by atoms with van der Waals surface area (Å²) in [5.41, 5.74) is 0.871. The van der Waals surface area contributed by atoms with Gasteiger partial charge in [-0.1, -0.05) is 29.8 Å². The number of rotatable bonds is 4. The highest BCUT2D eigenvalue weighted by atomic mass is 35.5. The lowest BCUT2D eigenvalue weighted by Crippen LogP contribution is -2.45. The third-order valence-corrected chi connectivity index (χ3v) is 4.54. The van der Waals surface area contributed by atoms with Crippen molar-refractivity contribution in [3.05, 3.63) is 34.9 Å². The third kappa shape index (κ3) is 2.66. The second-order valence-electron chi connectivity index (χ2n) is 5.28. The topological polar surface area (TPSA) is 57.6 Å². The van der Waals surface area contributed by atoms with Gasteiger partial charge in [-0.15, -0.1) is 0 Å². The van der Waals surface area contributed by atoms with Crippen molar-refractivity contribution in [2.45, 2.75) is 25.8 Å². The van der Waals surface area contributed by atoms with Crippen LogP contribution in [-0.2, 0) is 9.59 Å². The molecule has 1 saturated carbocycles. The molecule has 2 rings (SSSR count). The van der Waals surface area contributed by atoms with Crippen LogP contribution in [0.5, 0.6) is 0 Å². The van der Waals surface area contributed by atoms with Crippen LogP contribution in [0.25, 0.3) is 0 Å². The number of halogens is 1. The minimum atomic E-state index is -0.881. The quantitative estimate of drug-likeness (QED) is 0.929. The molecule has 0 spiro atoms. The molecule has 5 heteroatoms. The maximum atomic E-state index is 12.4. The Bertz CT molecular complexity index is 532. The molecule has 1 amide bonds. The van der Waals surface area contributed by atoms with Gasteiger partial charge in [0, 0.05) is 12.1 Å². The lowest BCUT2D eigenvalue weighted by Gasteiger charge is -2.37. The molecule has 1 N–H and O–H groups in total. The molecule has 3 unspecified atom stereocenters. The largest absolute Gasteiger partial charge is 0.481 e. The van der Waals surface area contributed by atoms with E-state index in [0.717, 1.165) is 5.56 Å². The van der Waals surface area contributed by atoms with Gasteiger partial charge in [0.1, 0.15) is 0 Å². The number of hydrogen-bond donors (Lipinski definition) is 1. The lowest BCUT2D eigenvalue weighted by molar-refractivity contribution is -0.156. The fourth-order valence-electron chi connectivity index (χ4n) is 2.57. The molecule has 1 aromatic rings. The molecule has 1 aliphatic rings. The van der Waals surface area contributed by atoms with Crippen molar-refractivity contribution in [3.63, 3.8) is 0 Å². The summed E-state index contributed by atoms with van der Waals surface area (Å²) in [5.74, 6) is -1.93. The molecule has 0 aliphatic heterocycles. The van der Waals surface area contributed by atoms with Crippen molar-refractivity contribution >= 4 is 23.5 Å². The second kappa shape index (κ2) is 5.83. The number of amides is 1. The smallest absolute Gasteiger partial charge is 0.307 e. The van der Waals surface area contributed by atoms with Crippen molar-refractivity contribution < 1.29 is 14.7 Å². The standard InChI is InChI=1S/C15H18ClNO3/c1-9(10-5-3-4-6-13(10)16)17(2)14(18)11-7-8-12(11)15(19)20/h3-6,9,11-12H,7-8H2,1-2H3,(H,19,20). The second-order valence-corrected chi connectivity index (χ2v) is 5.68. The number of benzene rings is 1. The van der Waals surface area contributed by atoms with Crippen molar-refractivity contribution in [1.82, 2.24) is 4.90 Å². The highest BCUT2D eigenvalue weighted by molar-refractivity contribution is 6.31. The fraction of sp³-hybridized carbons (Fsp3) is 0.467. The van der Waals surface area contributed by atoms with Crippen LogP contribution in [0.1, 0.15) is 31.4 Å². The van der Waals surface area contributed by atoms with Crippen molar-refractivity contribution in [2.75, 3.05) is 7.05 Å². The summed E-state index contributed by atoms with van der Waals surface area (Å²) in [7, 11) is 1.70. The first-order chi connectivity index (χ1) is 9.43. The predicted molar refractivity (Wildman–Crippen MR) is 76.5 cm³/mol. The van der Waals surface area contributed by atoms with Gasteiger partial charge in [-0.05, 0) is 31.4 Å². The average Bonchev–Trinajstić information content (AvgIpc) is 2.35. The van der Waals surface area contributed by atoms with Gasteiger partial charge in [0.2, 0.25) is 5.91 Å². The molecule has 0 aromatic heterocycles. The number of carboxylic acids is 1. The number of carbonyl (C=O) groups excluding carboxylic acids is 1. The van der Waals surface area contributed by atoms with E-state index in [-0.39, 0.29) is 11.9 Å². The van der Waals surface area contributed by atoms with Crippen LogP contribution in [0.2, 0.25) is 5.02 Å². The number of nitrogens with zero attached hydrogens (tertiary/aromatic N) is 1. The van der Waals surface area contributed by atoms with Gasteiger partial charge in [-0.2, -0.15) is 0 Å². The molecule has 20 heavy (non-hydrogen) atoms. The molecular formula is C15H18ClNO3. The molecule has 0 bridgehead atoms. The summed E-state index contributed by atoms with van der Waals surface area (Å²) in [5, 5.41) is 9.66. The van der Waals surface area contributed by atoms with Gasteiger partial charge < -0.3 is 10.0 Å². The van der Waals surface area contributed by atoms with Gasteiger partial charge in [0.15, 0.2) is 0 Å². The summed E-state index contributed by atoms with van der Waals surface area (Å²) >= 11 is 6.14. The first kappa shape index (κ1) is 14.9. The zero-order valence-electron chi connectivity index (χ0n) is 11.5. The van der Waals surface area contributed by atoms with E-state index in [1.807, 2.05) is 25.1 Å². The Morgan fingerprint density at radius 2 is 1.90 bits per heavy atom. The predicted octanol–water partition coefficient (Wildman–Crippen LogP) is 2.97. The van der Waals surface area contributed by atoms with Crippen molar-refractivity contribution in [2.24, 2.45) is 11.8 Å². The van der Waals surface area contributed by atoms with Crippen molar-refractivity contribution in [1.29, 1.82) is 0 Å². The van der Waals surface area contributed by atoms with E-state index in [4.69, 9.17) is 16.7 Å². The van der Waals surface area contributed by atoms with Crippen LogP contribution in [0.3, 0.4) is 0 Å². The molecule has 3 atom stereocenters. The number of hydrogen-bond acceptors (Lipinski definition) is 2. The highest BCUT2D eigenvalue weighted by Gasteiger charge is 2.43. The van der Waals surface area contributed by atoms with Crippen molar-refractivity contribution in [3.8, 4) is 0 Å².